The Labute approximate surface area is 140 Å². The van der Waals surface area contributed by atoms with E-state index in [1.54, 1.807) is 0 Å². The molecule has 0 unspecified atom stereocenters. The molecule has 1 aromatic heterocycles. The normalized spacial score (nSPS) is 14.0. The van der Waals surface area contributed by atoms with Crippen molar-refractivity contribution in [1.29, 1.82) is 0 Å². The van der Waals surface area contributed by atoms with Crippen LogP contribution in [-0.2, 0) is 6.54 Å². The highest BCUT2D eigenvalue weighted by molar-refractivity contribution is 5.98. The number of benzene rings is 2. The molecule has 122 valence electrons. The molecule has 5 heteroatoms. The van der Waals surface area contributed by atoms with E-state index in [-0.39, 0.29) is 5.91 Å². The third-order valence-corrected chi connectivity index (χ3v) is 4.35. The number of aromatic nitrogens is 2. The number of imidazole rings is 1. The van der Waals surface area contributed by atoms with E-state index in [1.807, 2.05) is 18.2 Å². The summed E-state index contributed by atoms with van der Waals surface area (Å²) in [6, 6.07) is 12.0. The third kappa shape index (κ3) is 2.33. The molecule has 0 fully saturated rings. The Morgan fingerprint density at radius 1 is 1.25 bits per heavy atom. The lowest BCUT2D eigenvalue weighted by molar-refractivity contribution is 0.0957. The highest BCUT2D eigenvalue weighted by Gasteiger charge is 2.19. The second-order valence-electron chi connectivity index (χ2n) is 5.99. The summed E-state index contributed by atoms with van der Waals surface area (Å²) in [5.74, 6) is 1.40. The van der Waals surface area contributed by atoms with Crippen molar-refractivity contribution in [2.75, 3.05) is 13.2 Å². The molecule has 0 radical (unpaired) electrons. The largest absolute Gasteiger partial charge is 0.491 e. The Balaban J connectivity index is 1.90. The van der Waals surface area contributed by atoms with Gasteiger partial charge >= 0.3 is 0 Å². The van der Waals surface area contributed by atoms with Crippen molar-refractivity contribution in [1.82, 2.24) is 14.9 Å². The number of aryl methyl sites for hydroxylation is 2. The van der Waals surface area contributed by atoms with Crippen LogP contribution < -0.4 is 10.1 Å². The Morgan fingerprint density at radius 3 is 2.96 bits per heavy atom. The molecule has 0 atom stereocenters. The fraction of sp³-hybridized carbons (Fsp3) is 0.263. The summed E-state index contributed by atoms with van der Waals surface area (Å²) in [5.41, 5.74) is 4.75. The van der Waals surface area contributed by atoms with Crippen molar-refractivity contribution in [3.8, 4) is 17.1 Å². The summed E-state index contributed by atoms with van der Waals surface area (Å²) < 4.78 is 7.80. The average Bonchev–Trinajstić information content (AvgIpc) is 2.85. The molecule has 0 saturated carbocycles. The Bertz CT molecular complexity index is 943. The first-order valence-corrected chi connectivity index (χ1v) is 8.19. The molecule has 0 aliphatic carbocycles. The van der Waals surface area contributed by atoms with Crippen LogP contribution >= 0.6 is 0 Å². The van der Waals surface area contributed by atoms with E-state index < -0.39 is 0 Å². The second-order valence-corrected chi connectivity index (χ2v) is 5.99. The van der Waals surface area contributed by atoms with Crippen molar-refractivity contribution in [3.05, 3.63) is 47.5 Å². The molecular weight excluding hydrogens is 302 g/mol. The van der Waals surface area contributed by atoms with Gasteiger partial charge in [-0.3, -0.25) is 4.79 Å². The van der Waals surface area contributed by atoms with Crippen molar-refractivity contribution in [2.45, 2.75) is 20.4 Å². The van der Waals surface area contributed by atoms with Gasteiger partial charge in [-0.05, 0) is 49.7 Å². The predicted molar refractivity (Wildman–Crippen MR) is 93.4 cm³/mol. The lowest BCUT2D eigenvalue weighted by Crippen LogP contribution is -2.24. The van der Waals surface area contributed by atoms with Crippen LogP contribution in [0.5, 0.6) is 5.75 Å². The van der Waals surface area contributed by atoms with Crippen molar-refractivity contribution < 1.29 is 9.53 Å². The molecule has 3 aromatic rings. The number of hydrogen-bond donors (Lipinski definition) is 1. The molecule has 0 saturated heterocycles. The first-order chi connectivity index (χ1) is 11.7. The summed E-state index contributed by atoms with van der Waals surface area (Å²) in [5, 5.41) is 2.85. The number of fused-ring (bicyclic) bond motifs is 2. The van der Waals surface area contributed by atoms with Crippen LogP contribution in [-0.4, -0.2) is 28.6 Å². The number of amides is 1. The van der Waals surface area contributed by atoms with Gasteiger partial charge in [0.05, 0.1) is 23.1 Å². The number of ether oxygens (including phenoxy) is 1. The van der Waals surface area contributed by atoms with E-state index in [4.69, 9.17) is 9.72 Å². The predicted octanol–water partition coefficient (Wildman–Crippen LogP) is 3.15. The van der Waals surface area contributed by atoms with E-state index in [2.05, 4.69) is 41.9 Å². The summed E-state index contributed by atoms with van der Waals surface area (Å²) in [6.07, 6.45) is 0. The number of nitrogens with zero attached hydrogens (tertiary/aromatic N) is 2. The van der Waals surface area contributed by atoms with Gasteiger partial charge in [0.2, 0.25) is 0 Å². The van der Waals surface area contributed by atoms with Crippen LogP contribution in [0.4, 0.5) is 0 Å². The van der Waals surface area contributed by atoms with Gasteiger partial charge in [0, 0.05) is 12.1 Å². The summed E-state index contributed by atoms with van der Waals surface area (Å²) in [6.45, 7) is 5.99. The van der Waals surface area contributed by atoms with Gasteiger partial charge in [0.1, 0.15) is 18.2 Å². The monoisotopic (exact) mass is 321 g/mol. The quantitative estimate of drug-likeness (QED) is 0.789. The lowest BCUT2D eigenvalue weighted by atomic mass is 10.1. The van der Waals surface area contributed by atoms with Crippen molar-refractivity contribution in [2.24, 2.45) is 0 Å². The first-order valence-electron chi connectivity index (χ1n) is 8.19. The van der Waals surface area contributed by atoms with E-state index >= 15 is 0 Å². The van der Waals surface area contributed by atoms with Gasteiger partial charge in [-0.25, -0.2) is 4.98 Å². The smallest absolute Gasteiger partial charge is 0.255 e. The van der Waals surface area contributed by atoms with E-state index in [9.17, 15) is 4.79 Å². The van der Waals surface area contributed by atoms with E-state index in [1.165, 1.54) is 5.56 Å². The number of carbonyl (C=O) groups is 1. The second kappa shape index (κ2) is 5.67. The average molecular weight is 321 g/mol. The molecule has 1 amide bonds. The van der Waals surface area contributed by atoms with Gasteiger partial charge in [-0.2, -0.15) is 0 Å². The molecule has 4 rings (SSSR count). The molecule has 1 N–H and O–H groups in total. The topological polar surface area (TPSA) is 56.2 Å². The number of rotatable bonds is 2. The molecule has 1 aliphatic heterocycles. The fourth-order valence-corrected chi connectivity index (χ4v) is 3.17. The SMILES string of the molecule is CCn1c(-c2ccc3c(c2)C(=O)NCCO3)nc2cc(C)ccc21. The van der Waals surface area contributed by atoms with E-state index in [0.29, 0.717) is 24.5 Å². The van der Waals surface area contributed by atoms with Gasteiger partial charge in [0.25, 0.3) is 5.91 Å². The van der Waals surface area contributed by atoms with Crippen LogP contribution in [0.25, 0.3) is 22.4 Å². The standard InChI is InChI=1S/C19H19N3O2/c1-3-22-16-6-4-12(2)10-15(16)21-18(22)13-5-7-17-14(11-13)19(23)20-8-9-24-17/h4-7,10-11H,3,8-9H2,1-2H3,(H,20,23). The summed E-state index contributed by atoms with van der Waals surface area (Å²) >= 11 is 0. The molecule has 2 aromatic carbocycles. The minimum atomic E-state index is -0.0978. The highest BCUT2D eigenvalue weighted by Crippen LogP contribution is 2.30. The highest BCUT2D eigenvalue weighted by atomic mass is 16.5. The Kier molecular flexibility index (Phi) is 3.49. The molecular formula is C19H19N3O2. The lowest BCUT2D eigenvalue weighted by Gasteiger charge is -2.09. The number of hydrogen-bond acceptors (Lipinski definition) is 3. The molecule has 1 aliphatic rings. The number of nitrogens with one attached hydrogen (secondary N) is 1. The van der Waals surface area contributed by atoms with Crippen molar-refractivity contribution in [3.63, 3.8) is 0 Å². The van der Waals surface area contributed by atoms with Crippen LogP contribution in [0.3, 0.4) is 0 Å². The first kappa shape index (κ1) is 14.8. The molecule has 5 nitrogen and oxygen atoms in total. The van der Waals surface area contributed by atoms with Gasteiger partial charge in [0.15, 0.2) is 0 Å². The molecule has 0 spiro atoms. The zero-order valence-corrected chi connectivity index (χ0v) is 13.8. The maximum absolute atomic E-state index is 12.2. The fourth-order valence-electron chi connectivity index (χ4n) is 3.17. The van der Waals surface area contributed by atoms with Gasteiger partial charge < -0.3 is 14.6 Å². The van der Waals surface area contributed by atoms with Gasteiger partial charge in [-0.15, -0.1) is 0 Å². The van der Waals surface area contributed by atoms with Crippen LogP contribution in [0.2, 0.25) is 0 Å². The zero-order chi connectivity index (χ0) is 16.7. The summed E-state index contributed by atoms with van der Waals surface area (Å²) in [7, 11) is 0. The third-order valence-electron chi connectivity index (χ3n) is 4.35. The number of carbonyl (C=O) groups excluding carboxylic acids is 1. The zero-order valence-electron chi connectivity index (χ0n) is 13.8. The summed E-state index contributed by atoms with van der Waals surface area (Å²) in [4.78, 5) is 17.0. The maximum atomic E-state index is 12.2. The Morgan fingerprint density at radius 2 is 2.12 bits per heavy atom. The van der Waals surface area contributed by atoms with Crippen LogP contribution in [0.1, 0.15) is 22.8 Å². The minimum Gasteiger partial charge on any atom is -0.491 e. The Hall–Kier alpha value is -2.82. The molecule has 2 heterocycles. The maximum Gasteiger partial charge on any atom is 0.255 e. The van der Waals surface area contributed by atoms with Gasteiger partial charge in [-0.1, -0.05) is 6.07 Å². The minimum absolute atomic E-state index is 0.0978. The molecule has 24 heavy (non-hydrogen) atoms. The van der Waals surface area contributed by atoms with Crippen LogP contribution in [0.15, 0.2) is 36.4 Å². The van der Waals surface area contributed by atoms with Crippen molar-refractivity contribution >= 4 is 16.9 Å². The van der Waals surface area contributed by atoms with E-state index in [0.717, 1.165) is 29.0 Å². The molecule has 0 bridgehead atoms. The van der Waals surface area contributed by atoms with Crippen LogP contribution in [0, 0.1) is 6.92 Å².